The molecule has 2 N–H and O–H groups in total. The molecule has 0 aliphatic heterocycles. The van der Waals surface area contributed by atoms with Crippen molar-refractivity contribution in [2.45, 2.75) is 52.4 Å². The lowest BCUT2D eigenvalue weighted by Gasteiger charge is -2.21. The molecule has 0 radical (unpaired) electrons. The lowest BCUT2D eigenvalue weighted by atomic mass is 10.2. The fraction of sp³-hybridized carbons (Fsp3) is 0.684. The van der Waals surface area contributed by atoms with Crippen molar-refractivity contribution < 1.29 is 17.9 Å². The maximum atomic E-state index is 12.4. The standard InChI is InChI=1S/C19H32F3N5O/c1-5-27(6-2)12-8-9-15(3)26-18(23-4)25-13-16-10-7-11-24-17(16)28-14-19(20,21)22/h7,10-11,15H,5-6,8-9,12-14H2,1-4H3,(H2,23,25,26). The van der Waals surface area contributed by atoms with E-state index in [9.17, 15) is 13.2 Å². The molecule has 0 fully saturated rings. The molecule has 1 unspecified atom stereocenters. The number of aliphatic imine (C=N–C) groups is 1. The van der Waals surface area contributed by atoms with E-state index in [1.807, 2.05) is 0 Å². The lowest BCUT2D eigenvalue weighted by Crippen LogP contribution is -2.42. The van der Waals surface area contributed by atoms with Crippen LogP contribution < -0.4 is 15.4 Å². The van der Waals surface area contributed by atoms with E-state index in [0.29, 0.717) is 11.5 Å². The van der Waals surface area contributed by atoms with Gasteiger partial charge in [-0.05, 0) is 45.5 Å². The monoisotopic (exact) mass is 403 g/mol. The number of hydrogen-bond donors (Lipinski definition) is 2. The summed E-state index contributed by atoms with van der Waals surface area (Å²) in [5.41, 5.74) is 0.531. The van der Waals surface area contributed by atoms with Crippen LogP contribution in [0.2, 0.25) is 0 Å². The summed E-state index contributed by atoms with van der Waals surface area (Å²) in [6, 6.07) is 3.55. The van der Waals surface area contributed by atoms with E-state index in [0.717, 1.165) is 32.5 Å². The summed E-state index contributed by atoms with van der Waals surface area (Å²) in [5.74, 6) is 0.552. The maximum Gasteiger partial charge on any atom is 0.422 e. The van der Waals surface area contributed by atoms with Gasteiger partial charge in [-0.25, -0.2) is 4.98 Å². The first-order valence-electron chi connectivity index (χ1n) is 9.62. The summed E-state index contributed by atoms with van der Waals surface area (Å²) < 4.78 is 41.9. The zero-order valence-electron chi connectivity index (χ0n) is 17.1. The van der Waals surface area contributed by atoms with Crippen molar-refractivity contribution in [1.82, 2.24) is 20.5 Å². The number of aromatic nitrogens is 1. The minimum Gasteiger partial charge on any atom is -0.468 e. The zero-order chi connectivity index (χ0) is 21.0. The molecule has 1 atom stereocenters. The van der Waals surface area contributed by atoms with Crippen molar-refractivity contribution in [1.29, 1.82) is 0 Å². The largest absolute Gasteiger partial charge is 0.468 e. The second-order valence-corrected chi connectivity index (χ2v) is 6.51. The Morgan fingerprint density at radius 2 is 2.04 bits per heavy atom. The van der Waals surface area contributed by atoms with Gasteiger partial charge in [0, 0.05) is 31.4 Å². The van der Waals surface area contributed by atoms with Crippen LogP contribution >= 0.6 is 0 Å². The maximum absolute atomic E-state index is 12.4. The number of nitrogens with one attached hydrogen (secondary N) is 2. The van der Waals surface area contributed by atoms with E-state index in [1.54, 1.807) is 19.2 Å². The van der Waals surface area contributed by atoms with Crippen LogP contribution in [0, 0.1) is 0 Å². The van der Waals surface area contributed by atoms with Gasteiger partial charge in [0.2, 0.25) is 5.88 Å². The van der Waals surface area contributed by atoms with Gasteiger partial charge in [0.1, 0.15) is 0 Å². The summed E-state index contributed by atoms with van der Waals surface area (Å²) in [6.07, 6.45) is -0.935. The normalized spacial score (nSPS) is 13.5. The Labute approximate surface area is 165 Å². The number of halogens is 3. The Kier molecular flexibility index (Phi) is 10.7. The van der Waals surface area contributed by atoms with Gasteiger partial charge in [0.05, 0.1) is 0 Å². The molecule has 0 spiro atoms. The van der Waals surface area contributed by atoms with E-state index < -0.39 is 12.8 Å². The second kappa shape index (κ2) is 12.4. The predicted molar refractivity (Wildman–Crippen MR) is 106 cm³/mol. The molecule has 0 aliphatic carbocycles. The van der Waals surface area contributed by atoms with Crippen LogP contribution in [-0.4, -0.2) is 61.4 Å². The van der Waals surface area contributed by atoms with Gasteiger partial charge in [-0.15, -0.1) is 0 Å². The van der Waals surface area contributed by atoms with E-state index in [-0.39, 0.29) is 18.5 Å². The van der Waals surface area contributed by atoms with Crippen LogP contribution in [0.4, 0.5) is 13.2 Å². The molecule has 1 heterocycles. The number of ether oxygens (including phenoxy) is 1. The Morgan fingerprint density at radius 3 is 2.64 bits per heavy atom. The molecule has 1 aromatic heterocycles. The van der Waals surface area contributed by atoms with Crippen LogP contribution in [-0.2, 0) is 6.54 Å². The average molecular weight is 403 g/mol. The molecule has 0 aromatic carbocycles. The molecule has 9 heteroatoms. The van der Waals surface area contributed by atoms with Crippen LogP contribution in [0.5, 0.6) is 5.88 Å². The third-order valence-electron chi connectivity index (χ3n) is 4.28. The van der Waals surface area contributed by atoms with Crippen LogP contribution in [0.3, 0.4) is 0 Å². The smallest absolute Gasteiger partial charge is 0.422 e. The van der Waals surface area contributed by atoms with Crippen molar-refractivity contribution in [3.05, 3.63) is 23.9 Å². The summed E-state index contributed by atoms with van der Waals surface area (Å²) in [5, 5.41) is 6.40. The summed E-state index contributed by atoms with van der Waals surface area (Å²) in [4.78, 5) is 10.4. The van der Waals surface area contributed by atoms with E-state index in [2.05, 4.69) is 46.3 Å². The third kappa shape index (κ3) is 9.77. The molecule has 0 amide bonds. The molecular formula is C19H32F3N5O. The van der Waals surface area contributed by atoms with Crippen LogP contribution in [0.1, 0.15) is 39.2 Å². The number of alkyl halides is 3. The topological polar surface area (TPSA) is 61.8 Å². The minimum absolute atomic E-state index is 0.0324. The Morgan fingerprint density at radius 1 is 1.32 bits per heavy atom. The fourth-order valence-corrected chi connectivity index (χ4v) is 2.68. The van der Waals surface area contributed by atoms with Crippen molar-refractivity contribution in [3.8, 4) is 5.88 Å². The van der Waals surface area contributed by atoms with E-state index in [1.165, 1.54) is 6.20 Å². The Balaban J connectivity index is 2.49. The van der Waals surface area contributed by atoms with Gasteiger partial charge in [-0.3, -0.25) is 4.99 Å². The molecule has 0 aliphatic rings. The highest BCUT2D eigenvalue weighted by Gasteiger charge is 2.29. The highest BCUT2D eigenvalue weighted by Crippen LogP contribution is 2.19. The molecule has 1 rings (SSSR count). The fourth-order valence-electron chi connectivity index (χ4n) is 2.68. The first-order valence-corrected chi connectivity index (χ1v) is 9.62. The third-order valence-corrected chi connectivity index (χ3v) is 4.28. The van der Waals surface area contributed by atoms with Crippen molar-refractivity contribution in [2.75, 3.05) is 33.3 Å². The molecule has 0 bridgehead atoms. The average Bonchev–Trinajstić information content (AvgIpc) is 2.66. The Bertz CT molecular complexity index is 591. The second-order valence-electron chi connectivity index (χ2n) is 6.51. The number of guanidine groups is 1. The van der Waals surface area contributed by atoms with Crippen molar-refractivity contribution >= 4 is 5.96 Å². The summed E-state index contributed by atoms with van der Waals surface area (Å²) >= 11 is 0. The van der Waals surface area contributed by atoms with Crippen LogP contribution in [0.15, 0.2) is 23.3 Å². The Hall–Kier alpha value is -2.03. The summed E-state index contributed by atoms with van der Waals surface area (Å²) in [6.45, 7) is 8.43. The van der Waals surface area contributed by atoms with Gasteiger partial charge in [-0.1, -0.05) is 19.9 Å². The van der Waals surface area contributed by atoms with Gasteiger partial charge in [-0.2, -0.15) is 13.2 Å². The predicted octanol–water partition coefficient (Wildman–Crippen LogP) is 3.20. The molecule has 28 heavy (non-hydrogen) atoms. The molecular weight excluding hydrogens is 371 g/mol. The lowest BCUT2D eigenvalue weighted by molar-refractivity contribution is -0.154. The van der Waals surface area contributed by atoms with Crippen molar-refractivity contribution in [3.63, 3.8) is 0 Å². The molecule has 1 aromatic rings. The number of hydrogen-bond acceptors (Lipinski definition) is 4. The minimum atomic E-state index is -4.40. The number of rotatable bonds is 11. The molecule has 160 valence electrons. The first kappa shape index (κ1) is 24.0. The van der Waals surface area contributed by atoms with Crippen molar-refractivity contribution in [2.24, 2.45) is 4.99 Å². The highest BCUT2D eigenvalue weighted by atomic mass is 19.4. The number of pyridine rings is 1. The SMILES string of the molecule is CCN(CC)CCCC(C)NC(=NC)NCc1cccnc1OCC(F)(F)F. The van der Waals surface area contributed by atoms with Crippen LogP contribution in [0.25, 0.3) is 0 Å². The van der Waals surface area contributed by atoms with Gasteiger partial charge < -0.3 is 20.3 Å². The first-order chi connectivity index (χ1) is 13.3. The van der Waals surface area contributed by atoms with Gasteiger partial charge in [0.15, 0.2) is 12.6 Å². The quantitative estimate of drug-likeness (QED) is 0.439. The highest BCUT2D eigenvalue weighted by molar-refractivity contribution is 5.79. The van der Waals surface area contributed by atoms with Gasteiger partial charge in [0.25, 0.3) is 0 Å². The summed E-state index contributed by atoms with van der Waals surface area (Å²) in [7, 11) is 1.66. The molecule has 0 saturated carbocycles. The van der Waals surface area contributed by atoms with Gasteiger partial charge >= 0.3 is 6.18 Å². The number of nitrogens with zero attached hydrogens (tertiary/aromatic N) is 3. The zero-order valence-corrected chi connectivity index (χ0v) is 17.1. The molecule has 6 nitrogen and oxygen atoms in total. The molecule has 0 saturated heterocycles. The van der Waals surface area contributed by atoms with E-state index in [4.69, 9.17) is 4.74 Å². The van der Waals surface area contributed by atoms with E-state index >= 15 is 0 Å².